The molecule has 8 heteroatoms. The van der Waals surface area contributed by atoms with E-state index >= 15 is 0 Å². The van der Waals surface area contributed by atoms with Gasteiger partial charge in [0.2, 0.25) is 5.91 Å². The molecule has 1 amide bonds. The molecule has 1 unspecified atom stereocenters. The summed E-state index contributed by atoms with van der Waals surface area (Å²) in [5, 5.41) is 18.6. The van der Waals surface area contributed by atoms with Crippen LogP contribution in [0.25, 0.3) is 0 Å². The van der Waals surface area contributed by atoms with Crippen molar-refractivity contribution in [1.29, 1.82) is 0 Å². The fraction of sp³-hybridized carbons (Fsp3) is 0.556. The van der Waals surface area contributed by atoms with E-state index in [9.17, 15) is 9.59 Å². The monoisotopic (exact) mass is 241 g/mol. The van der Waals surface area contributed by atoms with E-state index in [1.165, 1.54) is 11.7 Å². The molecule has 1 heterocycles. The standard InChI is InChI=1S/C9H15N5O3/c1-5(8(15)11-2)14-6(3-4-10)7(9(16)17)12-13-14/h5H,3-4,10H2,1-2H3,(H,11,15)(H,16,17). The highest BCUT2D eigenvalue weighted by Gasteiger charge is 2.24. The van der Waals surface area contributed by atoms with E-state index in [0.717, 1.165) is 0 Å². The van der Waals surface area contributed by atoms with Gasteiger partial charge in [0, 0.05) is 13.5 Å². The van der Waals surface area contributed by atoms with Gasteiger partial charge in [0.05, 0.1) is 5.69 Å². The predicted octanol–water partition coefficient (Wildman–Crippen LogP) is -1.22. The Morgan fingerprint density at radius 1 is 1.59 bits per heavy atom. The number of rotatable bonds is 5. The molecule has 0 fully saturated rings. The zero-order valence-corrected chi connectivity index (χ0v) is 9.67. The van der Waals surface area contributed by atoms with Gasteiger partial charge < -0.3 is 16.2 Å². The summed E-state index contributed by atoms with van der Waals surface area (Å²) in [6.45, 7) is 1.87. The number of hydrogen-bond acceptors (Lipinski definition) is 5. The lowest BCUT2D eigenvalue weighted by molar-refractivity contribution is -0.123. The Balaban J connectivity index is 3.15. The van der Waals surface area contributed by atoms with Crippen LogP contribution in [0.1, 0.15) is 29.1 Å². The van der Waals surface area contributed by atoms with Gasteiger partial charge in [-0.25, -0.2) is 9.48 Å². The van der Waals surface area contributed by atoms with Gasteiger partial charge in [0.25, 0.3) is 0 Å². The molecule has 0 aliphatic heterocycles. The molecule has 4 N–H and O–H groups in total. The Bertz CT molecular complexity index is 428. The van der Waals surface area contributed by atoms with E-state index in [2.05, 4.69) is 15.6 Å². The van der Waals surface area contributed by atoms with E-state index in [1.54, 1.807) is 6.92 Å². The minimum Gasteiger partial charge on any atom is -0.476 e. The van der Waals surface area contributed by atoms with Gasteiger partial charge in [-0.3, -0.25) is 4.79 Å². The SMILES string of the molecule is CNC(=O)C(C)n1nnc(C(=O)O)c1CCN. The predicted molar refractivity (Wildman–Crippen MR) is 58.5 cm³/mol. The van der Waals surface area contributed by atoms with Gasteiger partial charge >= 0.3 is 5.97 Å². The van der Waals surface area contributed by atoms with Crippen molar-refractivity contribution in [2.45, 2.75) is 19.4 Å². The van der Waals surface area contributed by atoms with Crippen LogP contribution in [0.5, 0.6) is 0 Å². The van der Waals surface area contributed by atoms with Crippen LogP contribution in [0.3, 0.4) is 0 Å². The topological polar surface area (TPSA) is 123 Å². The lowest BCUT2D eigenvalue weighted by atomic mass is 10.2. The van der Waals surface area contributed by atoms with Crippen LogP contribution in [0, 0.1) is 0 Å². The third kappa shape index (κ3) is 2.59. The van der Waals surface area contributed by atoms with Crippen molar-refractivity contribution in [3.8, 4) is 0 Å². The molecule has 8 nitrogen and oxygen atoms in total. The van der Waals surface area contributed by atoms with Crippen molar-refractivity contribution in [3.05, 3.63) is 11.4 Å². The molecule has 1 aromatic heterocycles. The Labute approximate surface area is 97.8 Å². The van der Waals surface area contributed by atoms with Gasteiger partial charge in [0.1, 0.15) is 6.04 Å². The molecule has 0 bridgehead atoms. The third-order valence-electron chi connectivity index (χ3n) is 2.37. The van der Waals surface area contributed by atoms with Crippen LogP contribution in [-0.2, 0) is 11.2 Å². The third-order valence-corrected chi connectivity index (χ3v) is 2.37. The number of carbonyl (C=O) groups excluding carboxylic acids is 1. The Morgan fingerprint density at radius 3 is 2.71 bits per heavy atom. The summed E-state index contributed by atoms with van der Waals surface area (Å²) < 4.78 is 1.29. The molecule has 0 radical (unpaired) electrons. The molecular formula is C9H15N5O3. The molecule has 0 saturated heterocycles. The largest absolute Gasteiger partial charge is 0.476 e. The van der Waals surface area contributed by atoms with Crippen LogP contribution >= 0.6 is 0 Å². The molecule has 17 heavy (non-hydrogen) atoms. The van der Waals surface area contributed by atoms with E-state index in [-0.39, 0.29) is 18.1 Å². The van der Waals surface area contributed by atoms with Crippen molar-refractivity contribution in [2.24, 2.45) is 5.73 Å². The van der Waals surface area contributed by atoms with E-state index in [4.69, 9.17) is 10.8 Å². The summed E-state index contributed by atoms with van der Waals surface area (Å²) in [6, 6.07) is -0.623. The summed E-state index contributed by atoms with van der Waals surface area (Å²) in [5.41, 5.74) is 5.60. The Hall–Kier alpha value is -1.96. The minimum absolute atomic E-state index is 0.161. The van der Waals surface area contributed by atoms with Crippen LogP contribution in [0.4, 0.5) is 0 Å². The first-order valence-corrected chi connectivity index (χ1v) is 5.12. The highest BCUT2D eigenvalue weighted by Crippen LogP contribution is 2.12. The normalized spacial score (nSPS) is 12.2. The van der Waals surface area contributed by atoms with Crippen LogP contribution < -0.4 is 11.1 Å². The van der Waals surface area contributed by atoms with Gasteiger partial charge in [0.15, 0.2) is 5.69 Å². The molecule has 1 aromatic rings. The summed E-state index contributed by atoms with van der Waals surface area (Å²) in [4.78, 5) is 22.4. The van der Waals surface area contributed by atoms with Gasteiger partial charge in [-0.1, -0.05) is 5.21 Å². The van der Waals surface area contributed by atoms with Gasteiger partial charge in [-0.2, -0.15) is 0 Å². The quantitative estimate of drug-likeness (QED) is 0.594. The van der Waals surface area contributed by atoms with Crippen molar-refractivity contribution >= 4 is 11.9 Å². The minimum atomic E-state index is -1.18. The number of nitrogens with zero attached hydrogens (tertiary/aromatic N) is 3. The number of likely N-dealkylation sites (N-methyl/N-ethyl adjacent to an activating group) is 1. The zero-order chi connectivity index (χ0) is 13.0. The first-order chi connectivity index (χ1) is 8.02. The zero-order valence-electron chi connectivity index (χ0n) is 9.67. The average Bonchev–Trinajstić information content (AvgIpc) is 2.71. The molecule has 94 valence electrons. The fourth-order valence-corrected chi connectivity index (χ4v) is 1.48. The lowest BCUT2D eigenvalue weighted by Gasteiger charge is -2.12. The number of carbonyl (C=O) groups is 2. The number of nitrogens with one attached hydrogen (secondary N) is 1. The van der Waals surface area contributed by atoms with Gasteiger partial charge in [-0.05, 0) is 13.5 Å². The second-order valence-corrected chi connectivity index (χ2v) is 3.46. The summed E-state index contributed by atoms with van der Waals surface area (Å²) in [6.07, 6.45) is 0.302. The van der Waals surface area contributed by atoms with E-state index in [0.29, 0.717) is 12.1 Å². The van der Waals surface area contributed by atoms with Crippen LogP contribution in [0.2, 0.25) is 0 Å². The van der Waals surface area contributed by atoms with E-state index in [1.807, 2.05) is 0 Å². The molecule has 0 aromatic carbocycles. The first-order valence-electron chi connectivity index (χ1n) is 5.12. The summed E-state index contributed by atoms with van der Waals surface area (Å²) >= 11 is 0. The number of amides is 1. The Morgan fingerprint density at radius 2 is 2.24 bits per heavy atom. The average molecular weight is 241 g/mol. The van der Waals surface area contributed by atoms with E-state index < -0.39 is 12.0 Å². The van der Waals surface area contributed by atoms with Crippen LogP contribution in [0.15, 0.2) is 0 Å². The van der Waals surface area contributed by atoms with Crippen molar-refractivity contribution in [3.63, 3.8) is 0 Å². The maximum Gasteiger partial charge on any atom is 0.358 e. The number of aromatic nitrogens is 3. The Kier molecular flexibility index (Phi) is 4.16. The number of nitrogens with two attached hydrogens (primary N) is 1. The second-order valence-electron chi connectivity index (χ2n) is 3.46. The molecule has 0 aliphatic carbocycles. The maximum atomic E-state index is 11.5. The lowest BCUT2D eigenvalue weighted by Crippen LogP contribution is -2.30. The molecule has 0 spiro atoms. The van der Waals surface area contributed by atoms with Crippen molar-refractivity contribution in [2.75, 3.05) is 13.6 Å². The molecule has 0 saturated carbocycles. The number of carboxylic acid groups (broad SMARTS) is 1. The first kappa shape index (κ1) is 13.1. The number of hydrogen-bond donors (Lipinski definition) is 3. The summed E-state index contributed by atoms with van der Waals surface area (Å²) in [5.74, 6) is -1.45. The van der Waals surface area contributed by atoms with Gasteiger partial charge in [-0.15, -0.1) is 5.10 Å². The maximum absolute atomic E-state index is 11.5. The van der Waals surface area contributed by atoms with Crippen LogP contribution in [-0.4, -0.2) is 45.6 Å². The summed E-state index contributed by atoms with van der Waals surface area (Å²) in [7, 11) is 1.50. The number of carboxylic acids is 1. The molecule has 1 rings (SSSR count). The van der Waals surface area contributed by atoms with Crippen molar-refractivity contribution in [1.82, 2.24) is 20.3 Å². The second kappa shape index (κ2) is 5.39. The number of aromatic carboxylic acids is 1. The highest BCUT2D eigenvalue weighted by atomic mass is 16.4. The highest BCUT2D eigenvalue weighted by molar-refractivity contribution is 5.87. The van der Waals surface area contributed by atoms with Crippen molar-refractivity contribution < 1.29 is 14.7 Å². The fourth-order valence-electron chi connectivity index (χ4n) is 1.48. The molecule has 1 atom stereocenters. The smallest absolute Gasteiger partial charge is 0.358 e. The molecule has 0 aliphatic rings. The molecular weight excluding hydrogens is 226 g/mol.